The van der Waals surface area contributed by atoms with Gasteiger partial charge < -0.3 is 24.6 Å². The van der Waals surface area contributed by atoms with E-state index in [-0.39, 0.29) is 37.6 Å². The van der Waals surface area contributed by atoms with Crippen molar-refractivity contribution in [2.45, 2.75) is 62.2 Å². The van der Waals surface area contributed by atoms with E-state index >= 15 is 0 Å². The van der Waals surface area contributed by atoms with Crippen LogP contribution in [0.25, 0.3) is 0 Å². The molecule has 0 saturated carbocycles. The number of thioether (sulfide) groups is 1. The molecule has 41 heavy (non-hydrogen) atoms. The molecule has 10 heteroatoms. The molecule has 0 aliphatic carbocycles. The summed E-state index contributed by atoms with van der Waals surface area (Å²) >= 11 is 1.69. The molecule has 3 atom stereocenters. The molecule has 0 bridgehead atoms. The molecule has 3 aromatic rings. The molecule has 1 heterocycles. The minimum atomic E-state index is -0.573. The van der Waals surface area contributed by atoms with Crippen molar-refractivity contribution in [2.75, 3.05) is 12.9 Å². The Labute approximate surface area is 244 Å². The molecular weight excluding hydrogens is 544 g/mol. The van der Waals surface area contributed by atoms with Crippen molar-refractivity contribution in [2.24, 2.45) is 0 Å². The van der Waals surface area contributed by atoms with Crippen LogP contribution in [0.2, 0.25) is 0 Å². The summed E-state index contributed by atoms with van der Waals surface area (Å²) in [5.74, 6) is 0.876. The molecule has 3 unspecified atom stereocenters. The second-order valence-electron chi connectivity index (χ2n) is 9.72. The lowest BCUT2D eigenvalue weighted by molar-refractivity contribution is -0.245. The van der Waals surface area contributed by atoms with Crippen molar-refractivity contribution in [3.05, 3.63) is 95.1 Å². The van der Waals surface area contributed by atoms with E-state index in [0.717, 1.165) is 38.7 Å². The first-order valence-corrected chi connectivity index (χ1v) is 14.5. The summed E-state index contributed by atoms with van der Waals surface area (Å²) in [5.41, 5.74) is 5.23. The van der Waals surface area contributed by atoms with Crippen LogP contribution in [0, 0.1) is 0 Å². The van der Waals surface area contributed by atoms with Gasteiger partial charge >= 0.3 is 0 Å². The number of methoxy groups -OCH3 is 1. The maximum Gasteiger partial charge on any atom is 0.243 e. The second kappa shape index (κ2) is 15.6. The van der Waals surface area contributed by atoms with E-state index in [9.17, 15) is 14.7 Å². The van der Waals surface area contributed by atoms with Crippen LogP contribution >= 0.6 is 11.8 Å². The van der Waals surface area contributed by atoms with Gasteiger partial charge in [0.25, 0.3) is 0 Å². The van der Waals surface area contributed by atoms with Crippen LogP contribution in [0.1, 0.15) is 60.3 Å². The molecule has 2 amide bonds. The highest BCUT2D eigenvalue weighted by molar-refractivity contribution is 7.99. The van der Waals surface area contributed by atoms with Crippen LogP contribution in [0.15, 0.2) is 77.7 Å². The Morgan fingerprint density at radius 1 is 0.927 bits per heavy atom. The third-order valence-electron chi connectivity index (χ3n) is 6.78. The number of amides is 2. The van der Waals surface area contributed by atoms with Crippen LogP contribution in [-0.2, 0) is 32.2 Å². The number of ether oxygens (including phenoxy) is 3. The van der Waals surface area contributed by atoms with Crippen molar-refractivity contribution in [1.29, 1.82) is 0 Å². The average Bonchev–Trinajstić information content (AvgIpc) is 3.03. The fraction of sp³-hybridized carbons (Fsp3) is 0.355. The average molecular weight is 581 g/mol. The molecule has 1 fully saturated rings. The first-order valence-electron chi connectivity index (χ1n) is 13.5. The summed E-state index contributed by atoms with van der Waals surface area (Å²) in [6, 6.07) is 23.5. The lowest BCUT2D eigenvalue weighted by Crippen LogP contribution is -2.31. The molecule has 3 aromatic carbocycles. The summed E-state index contributed by atoms with van der Waals surface area (Å²) in [4.78, 5) is 24.2. The lowest BCUT2D eigenvalue weighted by Gasteiger charge is -2.36. The number of para-hydroxylation sites is 1. The Kier molecular flexibility index (Phi) is 11.6. The smallest absolute Gasteiger partial charge is 0.243 e. The van der Waals surface area contributed by atoms with Gasteiger partial charge in [0.1, 0.15) is 5.75 Å². The molecule has 0 radical (unpaired) electrons. The number of aliphatic hydroxyl groups is 1. The molecule has 1 aliphatic heterocycles. The van der Waals surface area contributed by atoms with Crippen molar-refractivity contribution < 1.29 is 34.1 Å². The van der Waals surface area contributed by atoms with Gasteiger partial charge in [0.05, 0.1) is 25.9 Å². The lowest BCUT2D eigenvalue weighted by atomic mass is 10.0. The van der Waals surface area contributed by atoms with Gasteiger partial charge in [0.2, 0.25) is 11.8 Å². The third kappa shape index (κ3) is 9.04. The second-order valence-corrected chi connectivity index (χ2v) is 10.8. The Bertz CT molecular complexity index is 1270. The number of carbonyl (C=O) groups excluding carboxylic acids is 2. The van der Waals surface area contributed by atoms with E-state index in [1.165, 1.54) is 0 Å². The van der Waals surface area contributed by atoms with Crippen LogP contribution in [0.5, 0.6) is 5.75 Å². The zero-order valence-electron chi connectivity index (χ0n) is 23.0. The van der Waals surface area contributed by atoms with Gasteiger partial charge in [-0.05, 0) is 35.2 Å². The molecule has 9 nitrogen and oxygen atoms in total. The zero-order valence-corrected chi connectivity index (χ0v) is 23.8. The van der Waals surface area contributed by atoms with Gasteiger partial charge in [-0.2, -0.15) is 0 Å². The zero-order chi connectivity index (χ0) is 29.0. The summed E-state index contributed by atoms with van der Waals surface area (Å²) in [5, 5.41) is 20.8. The summed E-state index contributed by atoms with van der Waals surface area (Å²) in [6.07, 6.45) is 0.482. The van der Waals surface area contributed by atoms with E-state index in [1.807, 2.05) is 72.8 Å². The van der Waals surface area contributed by atoms with E-state index in [4.69, 9.17) is 19.4 Å². The monoisotopic (exact) mass is 580 g/mol. The standard InChI is InChI=1S/C31H36N2O7S/c1-38-26-5-2-3-6-28(26)41-20-25-17-27(23-13-11-22(19-34)12-14-23)40-31(39-25)24-15-9-21(10-16-24)18-32-29(35)7-4-8-30(36)33-37/h2-3,5-6,9-16,25,27,31,34,37H,4,7-8,17-20H2,1H3,(H,32,35)(H,33,36). The number of hydroxylamine groups is 1. The van der Waals surface area contributed by atoms with Gasteiger partial charge in [-0.25, -0.2) is 5.48 Å². The predicted molar refractivity (Wildman–Crippen MR) is 154 cm³/mol. The number of hydrogen-bond donors (Lipinski definition) is 4. The maximum atomic E-state index is 12.1. The van der Waals surface area contributed by atoms with Gasteiger partial charge in [-0.1, -0.05) is 60.7 Å². The van der Waals surface area contributed by atoms with Crippen LogP contribution in [0.4, 0.5) is 0 Å². The molecule has 4 N–H and O–H groups in total. The van der Waals surface area contributed by atoms with Crippen molar-refractivity contribution >= 4 is 23.6 Å². The highest BCUT2D eigenvalue weighted by Crippen LogP contribution is 2.40. The van der Waals surface area contributed by atoms with Crippen LogP contribution < -0.4 is 15.5 Å². The molecule has 218 valence electrons. The summed E-state index contributed by atoms with van der Waals surface area (Å²) in [6.45, 7) is 0.346. The Morgan fingerprint density at radius 3 is 2.32 bits per heavy atom. The molecule has 0 spiro atoms. The molecule has 1 saturated heterocycles. The fourth-order valence-corrected chi connectivity index (χ4v) is 5.54. The topological polar surface area (TPSA) is 126 Å². The van der Waals surface area contributed by atoms with Crippen LogP contribution in [-0.4, -0.2) is 41.1 Å². The van der Waals surface area contributed by atoms with E-state index in [2.05, 4.69) is 5.32 Å². The van der Waals surface area contributed by atoms with E-state index in [0.29, 0.717) is 19.4 Å². The number of aliphatic hydroxyl groups excluding tert-OH is 1. The van der Waals surface area contributed by atoms with Gasteiger partial charge in [-0.15, -0.1) is 11.8 Å². The van der Waals surface area contributed by atoms with E-state index < -0.39 is 12.2 Å². The van der Waals surface area contributed by atoms with Crippen molar-refractivity contribution in [3.63, 3.8) is 0 Å². The van der Waals surface area contributed by atoms with Gasteiger partial charge in [-0.3, -0.25) is 14.8 Å². The first kappa shape index (κ1) is 30.5. The van der Waals surface area contributed by atoms with Crippen molar-refractivity contribution in [3.8, 4) is 5.75 Å². The molecule has 0 aromatic heterocycles. The predicted octanol–water partition coefficient (Wildman–Crippen LogP) is 4.82. The third-order valence-corrected chi connectivity index (χ3v) is 7.97. The minimum absolute atomic E-state index is 0.0105. The highest BCUT2D eigenvalue weighted by Gasteiger charge is 2.32. The van der Waals surface area contributed by atoms with Crippen molar-refractivity contribution in [1.82, 2.24) is 10.8 Å². The molecule has 1 aliphatic rings. The van der Waals surface area contributed by atoms with Gasteiger partial charge in [0.15, 0.2) is 6.29 Å². The summed E-state index contributed by atoms with van der Waals surface area (Å²) < 4.78 is 18.4. The summed E-state index contributed by atoms with van der Waals surface area (Å²) in [7, 11) is 1.67. The minimum Gasteiger partial charge on any atom is -0.496 e. The van der Waals surface area contributed by atoms with Crippen LogP contribution in [0.3, 0.4) is 0 Å². The number of carbonyl (C=O) groups is 2. The fourth-order valence-electron chi connectivity index (χ4n) is 4.49. The quantitative estimate of drug-likeness (QED) is 0.129. The molecule has 4 rings (SSSR count). The highest BCUT2D eigenvalue weighted by atomic mass is 32.2. The van der Waals surface area contributed by atoms with Gasteiger partial charge in [0, 0.05) is 42.0 Å². The maximum absolute atomic E-state index is 12.1. The SMILES string of the molecule is COc1ccccc1SCC1CC(c2ccc(CO)cc2)OC(c2ccc(CNC(=O)CCCC(=O)NO)cc2)O1. The number of hydrogen-bond acceptors (Lipinski definition) is 8. The van der Waals surface area contributed by atoms with E-state index in [1.54, 1.807) is 24.4 Å². The number of benzene rings is 3. The Balaban J connectivity index is 1.40. The largest absolute Gasteiger partial charge is 0.496 e. The molecular formula is C31H36N2O7S. The Morgan fingerprint density at radius 2 is 1.61 bits per heavy atom. The normalized spacial score (nSPS) is 18.5. The number of rotatable bonds is 13. The Hall–Kier alpha value is -3.41. The number of nitrogens with one attached hydrogen (secondary N) is 2. The first-order chi connectivity index (χ1) is 20.0.